The summed E-state index contributed by atoms with van der Waals surface area (Å²) < 4.78 is 22.8. The van der Waals surface area contributed by atoms with E-state index in [1.165, 1.54) is 12.1 Å². The molecule has 0 bridgehead atoms. The van der Waals surface area contributed by atoms with E-state index in [1.807, 2.05) is 0 Å². The van der Waals surface area contributed by atoms with Crippen molar-refractivity contribution < 1.29 is 13.3 Å². The molecule has 0 saturated heterocycles. The lowest BCUT2D eigenvalue weighted by Gasteiger charge is -2.08. The normalized spacial score (nSPS) is 11.5. The molecule has 17 heavy (non-hydrogen) atoms. The molecule has 0 aliphatic heterocycles. The highest BCUT2D eigenvalue weighted by Gasteiger charge is 2.24. The fourth-order valence-electron chi connectivity index (χ4n) is 1.63. The number of aryl methyl sites for hydroxylation is 1. The average Bonchev–Trinajstić information content (AvgIpc) is 2.25. The first kappa shape index (κ1) is 13.9. The zero-order valence-electron chi connectivity index (χ0n) is 9.44. The van der Waals surface area contributed by atoms with Crippen LogP contribution in [0.3, 0.4) is 0 Å². The van der Waals surface area contributed by atoms with Crippen LogP contribution >= 0.6 is 10.7 Å². The van der Waals surface area contributed by atoms with Gasteiger partial charge in [0.2, 0.25) is 0 Å². The van der Waals surface area contributed by atoms with Crippen molar-refractivity contribution in [3.05, 3.63) is 33.4 Å². The van der Waals surface area contributed by atoms with Gasteiger partial charge in [-0.15, -0.1) is 0 Å². The van der Waals surface area contributed by atoms with Crippen LogP contribution in [0.15, 0.2) is 17.0 Å². The van der Waals surface area contributed by atoms with Crippen LogP contribution in [0.1, 0.15) is 25.0 Å². The molecule has 0 fully saturated rings. The molecule has 0 saturated carbocycles. The topological polar surface area (TPSA) is 77.3 Å². The summed E-state index contributed by atoms with van der Waals surface area (Å²) in [7, 11) is 1.33. The Morgan fingerprint density at radius 1 is 1.29 bits per heavy atom. The number of nitro benzene ring substituents is 1. The fourth-order valence-corrected chi connectivity index (χ4v) is 2.87. The summed E-state index contributed by atoms with van der Waals surface area (Å²) in [6, 6.07) is 2.79. The SMILES string of the molecule is CCc1cc([N+](=O)[O-])c(CC)c(S(=O)(=O)Cl)c1. The summed E-state index contributed by atoms with van der Waals surface area (Å²) in [6.45, 7) is 3.44. The molecule has 0 heterocycles. The zero-order valence-corrected chi connectivity index (χ0v) is 11.0. The van der Waals surface area contributed by atoms with E-state index in [4.69, 9.17) is 10.7 Å². The molecule has 0 unspecified atom stereocenters. The van der Waals surface area contributed by atoms with Crippen molar-refractivity contribution in [3.63, 3.8) is 0 Å². The monoisotopic (exact) mass is 277 g/mol. The molecule has 5 nitrogen and oxygen atoms in total. The minimum atomic E-state index is -3.97. The van der Waals surface area contributed by atoms with Crippen LogP contribution in [-0.2, 0) is 21.9 Å². The molecule has 0 N–H and O–H groups in total. The van der Waals surface area contributed by atoms with Crippen molar-refractivity contribution in [2.45, 2.75) is 31.6 Å². The predicted octanol–water partition coefficient (Wildman–Crippen LogP) is 2.65. The highest BCUT2D eigenvalue weighted by atomic mass is 35.7. The van der Waals surface area contributed by atoms with Crippen LogP contribution in [0.25, 0.3) is 0 Å². The summed E-state index contributed by atoms with van der Waals surface area (Å²) in [5, 5.41) is 10.9. The first-order valence-electron chi connectivity index (χ1n) is 5.06. The standard InChI is InChI=1S/C10H12ClNO4S/c1-3-7-5-9(12(13)14)8(4-2)10(6-7)17(11,15)16/h5-6H,3-4H2,1-2H3. The molecule has 0 aliphatic rings. The maximum absolute atomic E-state index is 11.4. The molecule has 1 rings (SSSR count). The van der Waals surface area contributed by atoms with E-state index in [1.54, 1.807) is 13.8 Å². The largest absolute Gasteiger partial charge is 0.274 e. The molecule has 0 atom stereocenters. The summed E-state index contributed by atoms with van der Waals surface area (Å²) in [4.78, 5) is 10.2. The first-order valence-corrected chi connectivity index (χ1v) is 7.37. The van der Waals surface area contributed by atoms with Crippen molar-refractivity contribution in [2.24, 2.45) is 0 Å². The molecular weight excluding hydrogens is 266 g/mol. The van der Waals surface area contributed by atoms with E-state index < -0.39 is 14.0 Å². The van der Waals surface area contributed by atoms with Crippen LogP contribution in [0.5, 0.6) is 0 Å². The molecule has 0 amide bonds. The van der Waals surface area contributed by atoms with Gasteiger partial charge in [-0.25, -0.2) is 8.42 Å². The molecule has 7 heteroatoms. The minimum absolute atomic E-state index is 0.155. The minimum Gasteiger partial charge on any atom is -0.258 e. The zero-order chi connectivity index (χ0) is 13.2. The molecule has 94 valence electrons. The van der Waals surface area contributed by atoms with Crippen LogP contribution in [0, 0.1) is 10.1 Å². The van der Waals surface area contributed by atoms with Gasteiger partial charge in [-0.1, -0.05) is 13.8 Å². The smallest absolute Gasteiger partial charge is 0.258 e. The van der Waals surface area contributed by atoms with Crippen LogP contribution in [0.2, 0.25) is 0 Å². The predicted molar refractivity (Wildman–Crippen MR) is 64.9 cm³/mol. The van der Waals surface area contributed by atoms with Crippen molar-refractivity contribution in [1.82, 2.24) is 0 Å². The lowest BCUT2D eigenvalue weighted by molar-refractivity contribution is -0.385. The quantitative estimate of drug-likeness (QED) is 0.481. The van der Waals surface area contributed by atoms with Gasteiger partial charge in [0.25, 0.3) is 14.7 Å². The summed E-state index contributed by atoms with van der Waals surface area (Å²) >= 11 is 0. The van der Waals surface area contributed by atoms with Gasteiger partial charge in [0.15, 0.2) is 0 Å². The maximum Gasteiger partial charge on any atom is 0.274 e. The Morgan fingerprint density at radius 3 is 2.24 bits per heavy atom. The highest BCUT2D eigenvalue weighted by molar-refractivity contribution is 8.13. The van der Waals surface area contributed by atoms with Gasteiger partial charge in [-0.2, -0.15) is 0 Å². The lowest BCUT2D eigenvalue weighted by atomic mass is 10.1. The van der Waals surface area contributed by atoms with Gasteiger partial charge in [0, 0.05) is 22.3 Å². The summed E-state index contributed by atoms with van der Waals surface area (Å²) in [5.74, 6) is 0. The third-order valence-corrected chi connectivity index (χ3v) is 3.85. The third kappa shape index (κ3) is 2.95. The maximum atomic E-state index is 11.4. The summed E-state index contributed by atoms with van der Waals surface area (Å²) in [6.07, 6.45) is 0.742. The Bertz CT molecular complexity index is 554. The Morgan fingerprint density at radius 2 is 1.88 bits per heavy atom. The molecule has 0 aromatic heterocycles. The number of nitrogens with zero attached hydrogens (tertiary/aromatic N) is 1. The Kier molecular flexibility index (Phi) is 4.11. The first-order chi connectivity index (χ1) is 7.81. The Hall–Kier alpha value is -1.14. The van der Waals surface area contributed by atoms with Crippen LogP contribution < -0.4 is 0 Å². The fraction of sp³-hybridized carbons (Fsp3) is 0.400. The second kappa shape index (κ2) is 5.01. The number of rotatable bonds is 4. The highest BCUT2D eigenvalue weighted by Crippen LogP contribution is 2.30. The number of halogens is 1. The van der Waals surface area contributed by atoms with Gasteiger partial charge in [0.05, 0.1) is 9.82 Å². The molecule has 0 aliphatic carbocycles. The lowest BCUT2D eigenvalue weighted by Crippen LogP contribution is -2.04. The van der Waals surface area contributed by atoms with E-state index in [0.29, 0.717) is 12.0 Å². The van der Waals surface area contributed by atoms with E-state index in [2.05, 4.69) is 0 Å². The number of hydrogen-bond donors (Lipinski definition) is 0. The third-order valence-electron chi connectivity index (χ3n) is 2.47. The number of benzene rings is 1. The van der Waals surface area contributed by atoms with Gasteiger partial charge in [0.1, 0.15) is 0 Å². The van der Waals surface area contributed by atoms with E-state index >= 15 is 0 Å². The van der Waals surface area contributed by atoms with Crippen molar-refractivity contribution in [3.8, 4) is 0 Å². The van der Waals surface area contributed by atoms with Gasteiger partial charge in [-0.3, -0.25) is 10.1 Å². The van der Waals surface area contributed by atoms with Gasteiger partial charge < -0.3 is 0 Å². The average molecular weight is 278 g/mol. The van der Waals surface area contributed by atoms with Gasteiger partial charge >= 0.3 is 0 Å². The van der Waals surface area contributed by atoms with Crippen LogP contribution in [0.4, 0.5) is 5.69 Å². The second-order valence-electron chi connectivity index (χ2n) is 3.49. The Balaban J connectivity index is 3.69. The number of nitro groups is 1. The molecule has 1 aromatic carbocycles. The molecule has 0 spiro atoms. The Labute approximate surface area is 104 Å². The van der Waals surface area contributed by atoms with E-state index in [-0.39, 0.29) is 22.6 Å². The second-order valence-corrected chi connectivity index (χ2v) is 6.03. The van der Waals surface area contributed by atoms with Crippen LogP contribution in [-0.4, -0.2) is 13.3 Å². The molecular formula is C10H12ClNO4S. The van der Waals surface area contributed by atoms with Crippen molar-refractivity contribution in [1.29, 1.82) is 0 Å². The van der Waals surface area contributed by atoms with E-state index in [9.17, 15) is 18.5 Å². The van der Waals surface area contributed by atoms with Crippen molar-refractivity contribution in [2.75, 3.05) is 0 Å². The van der Waals surface area contributed by atoms with Gasteiger partial charge in [-0.05, 0) is 24.5 Å². The summed E-state index contributed by atoms with van der Waals surface area (Å²) in [5.41, 5.74) is 0.543. The van der Waals surface area contributed by atoms with E-state index in [0.717, 1.165) is 0 Å². The molecule has 0 radical (unpaired) electrons. The van der Waals surface area contributed by atoms with Crippen molar-refractivity contribution >= 4 is 25.4 Å². The number of hydrogen-bond acceptors (Lipinski definition) is 4. The molecule has 1 aromatic rings.